The second-order valence-corrected chi connectivity index (χ2v) is 4.01. The van der Waals surface area contributed by atoms with Gasteiger partial charge in [0.25, 0.3) is 0 Å². The molecule has 0 radical (unpaired) electrons. The van der Waals surface area contributed by atoms with Crippen LogP contribution in [0.15, 0.2) is 47.0 Å². The number of hydrogen-bond donors (Lipinski definition) is 2. The minimum Gasteiger partial charge on any atom is -0.371 e. The smallest absolute Gasteiger partial charge is 0.0628 e. The number of nitrogens with one attached hydrogen (secondary N) is 1. The molecule has 15 heavy (non-hydrogen) atoms. The zero-order valence-electron chi connectivity index (χ0n) is 8.76. The third kappa shape index (κ3) is 3.22. The topological polar surface area (TPSA) is 38.0 Å². The summed E-state index contributed by atoms with van der Waals surface area (Å²) < 4.78 is 0.958. The van der Waals surface area contributed by atoms with E-state index in [0.717, 1.165) is 21.3 Å². The maximum atomic E-state index is 5.51. The first-order chi connectivity index (χ1) is 7.16. The van der Waals surface area contributed by atoms with E-state index in [9.17, 15) is 0 Å². The third-order valence-corrected chi connectivity index (χ3v) is 3.01. The molecule has 80 valence electrons. The molecule has 2 nitrogen and oxygen atoms in total. The average molecular weight is 267 g/mol. The van der Waals surface area contributed by atoms with Gasteiger partial charge in [-0.2, -0.15) is 0 Å². The van der Waals surface area contributed by atoms with E-state index >= 15 is 0 Å². The average Bonchev–Trinajstić information content (AvgIpc) is 2.26. The number of hydrogen-bond acceptors (Lipinski definition) is 2. The molecule has 0 amide bonds. The fourth-order valence-corrected chi connectivity index (χ4v) is 1.60. The zero-order valence-corrected chi connectivity index (χ0v) is 10.3. The van der Waals surface area contributed by atoms with E-state index in [-0.39, 0.29) is 0 Å². The van der Waals surface area contributed by atoms with Gasteiger partial charge in [-0.25, -0.2) is 0 Å². The van der Waals surface area contributed by atoms with Crippen LogP contribution < -0.4 is 11.1 Å². The molecule has 0 aliphatic carbocycles. The lowest BCUT2D eigenvalue weighted by atomic mass is 10.1. The highest BCUT2D eigenvalue weighted by atomic mass is 79.9. The molecule has 0 unspecified atom stereocenters. The van der Waals surface area contributed by atoms with E-state index in [0.29, 0.717) is 6.67 Å². The van der Waals surface area contributed by atoms with Gasteiger partial charge in [0.05, 0.1) is 12.4 Å². The zero-order chi connectivity index (χ0) is 11.3. The van der Waals surface area contributed by atoms with Crippen LogP contribution in [0.4, 0.5) is 0 Å². The second-order valence-electron chi connectivity index (χ2n) is 3.22. The Labute approximate surface area is 99.0 Å². The van der Waals surface area contributed by atoms with E-state index in [1.807, 2.05) is 37.3 Å². The highest BCUT2D eigenvalue weighted by molar-refractivity contribution is 9.12. The Balaban J connectivity index is 3.14. The Kier molecular flexibility index (Phi) is 4.59. The van der Waals surface area contributed by atoms with Crippen molar-refractivity contribution in [3.63, 3.8) is 0 Å². The minimum absolute atomic E-state index is 0.395. The van der Waals surface area contributed by atoms with Crippen LogP contribution in [-0.2, 0) is 0 Å². The Morgan fingerprint density at radius 2 is 2.00 bits per heavy atom. The number of halogens is 1. The van der Waals surface area contributed by atoms with Crippen molar-refractivity contribution in [2.75, 3.05) is 6.67 Å². The third-order valence-electron chi connectivity index (χ3n) is 1.94. The van der Waals surface area contributed by atoms with Crippen molar-refractivity contribution in [1.82, 2.24) is 5.32 Å². The Morgan fingerprint density at radius 1 is 1.40 bits per heavy atom. The van der Waals surface area contributed by atoms with Gasteiger partial charge >= 0.3 is 0 Å². The Hall–Kier alpha value is -1.06. The Bertz CT molecular complexity index is 368. The molecule has 0 atom stereocenters. The summed E-state index contributed by atoms with van der Waals surface area (Å²) in [6, 6.07) is 10.0. The molecule has 1 aromatic carbocycles. The van der Waals surface area contributed by atoms with Gasteiger partial charge in [0, 0.05) is 4.48 Å². The quantitative estimate of drug-likeness (QED) is 0.650. The van der Waals surface area contributed by atoms with Crippen LogP contribution in [0.25, 0.3) is 5.70 Å². The van der Waals surface area contributed by atoms with Gasteiger partial charge in [0.2, 0.25) is 0 Å². The molecule has 1 rings (SSSR count). The molecule has 0 bridgehead atoms. The molecular weight excluding hydrogens is 252 g/mol. The second kappa shape index (κ2) is 5.73. The van der Waals surface area contributed by atoms with Crippen molar-refractivity contribution in [2.45, 2.75) is 6.92 Å². The first kappa shape index (κ1) is 12.0. The summed E-state index contributed by atoms with van der Waals surface area (Å²) in [5.74, 6) is 0. The first-order valence-electron chi connectivity index (χ1n) is 4.72. The molecule has 0 aliphatic heterocycles. The van der Waals surface area contributed by atoms with Crippen LogP contribution in [0.3, 0.4) is 0 Å². The van der Waals surface area contributed by atoms with Crippen LogP contribution in [0.2, 0.25) is 0 Å². The van der Waals surface area contributed by atoms with E-state index in [1.165, 1.54) is 0 Å². The highest BCUT2D eigenvalue weighted by Crippen LogP contribution is 2.25. The molecule has 0 fully saturated rings. The monoisotopic (exact) mass is 266 g/mol. The SMILES string of the molecule is C=C(C)/C(Br)=C(\NCN)c1ccccc1. The summed E-state index contributed by atoms with van der Waals surface area (Å²) in [4.78, 5) is 0. The van der Waals surface area contributed by atoms with Crippen LogP contribution in [-0.4, -0.2) is 6.67 Å². The minimum atomic E-state index is 0.395. The van der Waals surface area contributed by atoms with Crippen molar-refractivity contribution < 1.29 is 0 Å². The number of nitrogens with two attached hydrogens (primary N) is 1. The van der Waals surface area contributed by atoms with Crippen LogP contribution in [0, 0.1) is 0 Å². The van der Waals surface area contributed by atoms with Crippen LogP contribution in [0.5, 0.6) is 0 Å². The molecule has 1 aromatic rings. The summed E-state index contributed by atoms with van der Waals surface area (Å²) >= 11 is 3.51. The molecule has 0 aromatic heterocycles. The summed E-state index contributed by atoms with van der Waals surface area (Å²) in [6.45, 7) is 6.24. The van der Waals surface area contributed by atoms with Crippen molar-refractivity contribution in [3.8, 4) is 0 Å². The van der Waals surface area contributed by atoms with Gasteiger partial charge in [0.1, 0.15) is 0 Å². The molecule has 0 saturated carbocycles. The van der Waals surface area contributed by atoms with Crippen molar-refractivity contribution in [3.05, 3.63) is 52.5 Å². The van der Waals surface area contributed by atoms with Gasteiger partial charge in [-0.3, -0.25) is 0 Å². The maximum Gasteiger partial charge on any atom is 0.0628 e. The summed E-state index contributed by atoms with van der Waals surface area (Å²) in [6.07, 6.45) is 0. The maximum absolute atomic E-state index is 5.51. The first-order valence-corrected chi connectivity index (χ1v) is 5.51. The molecule has 3 heteroatoms. The summed E-state index contributed by atoms with van der Waals surface area (Å²) in [5.41, 5.74) is 8.55. The predicted molar refractivity (Wildman–Crippen MR) is 69.3 cm³/mol. The van der Waals surface area contributed by atoms with E-state index in [4.69, 9.17) is 5.73 Å². The van der Waals surface area contributed by atoms with Gasteiger partial charge in [-0.1, -0.05) is 36.9 Å². The molecule has 0 heterocycles. The van der Waals surface area contributed by atoms with E-state index in [1.54, 1.807) is 0 Å². The fourth-order valence-electron chi connectivity index (χ4n) is 1.23. The van der Waals surface area contributed by atoms with Crippen LogP contribution in [0.1, 0.15) is 12.5 Å². The molecule has 0 spiro atoms. The normalized spacial score (nSPS) is 11.9. The predicted octanol–water partition coefficient (Wildman–Crippen LogP) is 2.83. The summed E-state index contributed by atoms with van der Waals surface area (Å²) in [7, 11) is 0. The van der Waals surface area contributed by atoms with Gasteiger partial charge in [-0.15, -0.1) is 0 Å². The summed E-state index contributed by atoms with van der Waals surface area (Å²) in [5, 5.41) is 3.13. The van der Waals surface area contributed by atoms with Crippen molar-refractivity contribution >= 4 is 21.6 Å². The fraction of sp³-hybridized carbons (Fsp3) is 0.167. The van der Waals surface area contributed by atoms with Gasteiger partial charge in [0.15, 0.2) is 0 Å². The van der Waals surface area contributed by atoms with Gasteiger partial charge in [-0.05, 0) is 34.0 Å². The largest absolute Gasteiger partial charge is 0.371 e. The van der Waals surface area contributed by atoms with Crippen molar-refractivity contribution in [2.24, 2.45) is 5.73 Å². The van der Waals surface area contributed by atoms with Crippen molar-refractivity contribution in [1.29, 1.82) is 0 Å². The van der Waals surface area contributed by atoms with Gasteiger partial charge < -0.3 is 11.1 Å². The van der Waals surface area contributed by atoms with E-state index in [2.05, 4.69) is 27.8 Å². The molecule has 0 saturated heterocycles. The molecule has 3 N–H and O–H groups in total. The standard InChI is InChI=1S/C12H15BrN2/c1-9(2)11(13)12(15-8-14)10-6-4-3-5-7-10/h3-7,15H,1,8,14H2,2H3/b12-11+. The highest BCUT2D eigenvalue weighted by Gasteiger charge is 2.06. The lowest BCUT2D eigenvalue weighted by Gasteiger charge is -2.12. The Morgan fingerprint density at radius 3 is 2.47 bits per heavy atom. The number of allylic oxidation sites excluding steroid dienone is 2. The molecule has 0 aliphatic rings. The lowest BCUT2D eigenvalue weighted by Crippen LogP contribution is -2.21. The van der Waals surface area contributed by atoms with E-state index < -0.39 is 0 Å². The molecular formula is C12H15BrN2. The van der Waals surface area contributed by atoms with Crippen LogP contribution >= 0.6 is 15.9 Å². The lowest BCUT2D eigenvalue weighted by molar-refractivity contribution is 0.901. The number of rotatable bonds is 4. The number of benzene rings is 1.